The minimum atomic E-state index is -0.813. The number of aliphatic carboxylic acids is 1. The average molecular weight is 350 g/mol. The molecule has 2 N–H and O–H groups in total. The summed E-state index contributed by atoms with van der Waals surface area (Å²) in [4.78, 5) is 12.5. The highest BCUT2D eigenvalue weighted by molar-refractivity contribution is 7.99. The van der Waals surface area contributed by atoms with Gasteiger partial charge in [-0.2, -0.15) is 0 Å². The van der Waals surface area contributed by atoms with Crippen LogP contribution in [0.3, 0.4) is 0 Å². The van der Waals surface area contributed by atoms with Crippen molar-refractivity contribution in [3.05, 3.63) is 28.2 Å². The van der Waals surface area contributed by atoms with Crippen LogP contribution in [0.5, 0.6) is 0 Å². The van der Waals surface area contributed by atoms with Crippen LogP contribution in [-0.2, 0) is 4.79 Å². The van der Waals surface area contributed by atoms with E-state index < -0.39 is 11.5 Å². The van der Waals surface area contributed by atoms with Crippen LogP contribution in [0.15, 0.2) is 23.1 Å². The summed E-state index contributed by atoms with van der Waals surface area (Å²) in [5.41, 5.74) is -0.813. The fraction of sp³-hybridized carbons (Fsp3) is 0.533. The molecule has 0 bridgehead atoms. The molecule has 1 aromatic rings. The van der Waals surface area contributed by atoms with Gasteiger partial charge in [-0.25, -0.2) is 0 Å². The molecular weight excluding hydrogens is 329 g/mol. The maximum Gasteiger partial charge on any atom is 0.323 e. The third-order valence-corrected chi connectivity index (χ3v) is 5.25. The van der Waals surface area contributed by atoms with Crippen molar-refractivity contribution in [1.29, 1.82) is 0 Å². The number of thioether (sulfide) groups is 1. The van der Waals surface area contributed by atoms with E-state index in [0.29, 0.717) is 29.4 Å². The van der Waals surface area contributed by atoms with Gasteiger partial charge < -0.3 is 10.4 Å². The molecule has 0 heterocycles. The molecule has 0 spiro atoms. The first-order valence-corrected chi connectivity index (χ1v) is 8.75. The van der Waals surface area contributed by atoms with E-state index in [1.54, 1.807) is 17.8 Å². The molecule has 0 saturated carbocycles. The highest BCUT2D eigenvalue weighted by Gasteiger charge is 2.34. The van der Waals surface area contributed by atoms with Crippen molar-refractivity contribution in [3.8, 4) is 0 Å². The van der Waals surface area contributed by atoms with E-state index in [-0.39, 0.29) is 0 Å². The van der Waals surface area contributed by atoms with Crippen LogP contribution in [0.4, 0.5) is 0 Å². The Kier molecular flexibility index (Phi) is 7.88. The highest BCUT2D eigenvalue weighted by Crippen LogP contribution is 2.29. The lowest BCUT2D eigenvalue weighted by molar-refractivity contribution is -0.145. The minimum Gasteiger partial charge on any atom is -0.480 e. The minimum absolute atomic E-state index is 0.544. The summed E-state index contributed by atoms with van der Waals surface area (Å²) in [5.74, 6) is 0.0738. The summed E-state index contributed by atoms with van der Waals surface area (Å²) in [6, 6.07) is 5.54. The van der Waals surface area contributed by atoms with Crippen molar-refractivity contribution < 1.29 is 9.90 Å². The lowest BCUT2D eigenvalue weighted by Gasteiger charge is -2.29. The van der Waals surface area contributed by atoms with Gasteiger partial charge in [0.2, 0.25) is 0 Å². The van der Waals surface area contributed by atoms with Gasteiger partial charge in [-0.05, 0) is 49.8 Å². The molecular formula is C15H21Cl2NO2S. The lowest BCUT2D eigenvalue weighted by atomic mass is 9.91. The SMILES string of the molecule is CCNC(CC)(CCCSc1ccc(Cl)c(Cl)c1)C(=O)O. The Hall–Kier alpha value is -0.420. The molecule has 1 unspecified atom stereocenters. The molecule has 6 heteroatoms. The van der Waals surface area contributed by atoms with Gasteiger partial charge in [0, 0.05) is 4.90 Å². The van der Waals surface area contributed by atoms with Crippen LogP contribution in [0, 0.1) is 0 Å². The van der Waals surface area contributed by atoms with Gasteiger partial charge in [0.1, 0.15) is 5.54 Å². The second-order valence-electron chi connectivity index (χ2n) is 4.80. The quantitative estimate of drug-likeness (QED) is 0.500. The van der Waals surface area contributed by atoms with Crippen molar-refractivity contribution in [2.45, 2.75) is 43.5 Å². The molecule has 1 rings (SSSR count). The third kappa shape index (κ3) is 5.37. The number of rotatable bonds is 9. The van der Waals surface area contributed by atoms with Gasteiger partial charge in [0.15, 0.2) is 0 Å². The van der Waals surface area contributed by atoms with E-state index in [2.05, 4.69) is 5.32 Å². The number of hydrogen-bond acceptors (Lipinski definition) is 3. The fourth-order valence-corrected chi connectivity index (χ4v) is 3.45. The number of likely N-dealkylation sites (N-methyl/N-ethyl adjacent to an activating group) is 1. The number of nitrogens with one attached hydrogen (secondary N) is 1. The van der Waals surface area contributed by atoms with Crippen molar-refractivity contribution in [2.24, 2.45) is 0 Å². The molecule has 0 aliphatic heterocycles. The highest BCUT2D eigenvalue weighted by atomic mass is 35.5. The van der Waals surface area contributed by atoms with E-state index in [1.165, 1.54) is 0 Å². The average Bonchev–Trinajstić information content (AvgIpc) is 2.45. The predicted octanol–water partition coefficient (Wildman–Crippen LogP) is 4.71. The van der Waals surface area contributed by atoms with Crippen molar-refractivity contribution in [3.63, 3.8) is 0 Å². The van der Waals surface area contributed by atoms with E-state index >= 15 is 0 Å². The number of carboxylic acid groups (broad SMARTS) is 1. The first kappa shape index (κ1) is 18.6. The Balaban J connectivity index is 2.51. The van der Waals surface area contributed by atoms with E-state index in [1.807, 2.05) is 26.0 Å². The van der Waals surface area contributed by atoms with E-state index in [0.717, 1.165) is 17.1 Å². The van der Waals surface area contributed by atoms with Crippen molar-refractivity contribution in [1.82, 2.24) is 5.32 Å². The fourth-order valence-electron chi connectivity index (χ4n) is 2.19. The number of carbonyl (C=O) groups is 1. The second kappa shape index (κ2) is 8.89. The summed E-state index contributed by atoms with van der Waals surface area (Å²) >= 11 is 13.5. The van der Waals surface area contributed by atoms with Crippen LogP contribution in [0.1, 0.15) is 33.1 Å². The normalized spacial score (nSPS) is 13.9. The number of benzene rings is 1. The second-order valence-corrected chi connectivity index (χ2v) is 6.78. The maximum absolute atomic E-state index is 11.5. The Morgan fingerprint density at radius 1 is 1.33 bits per heavy atom. The zero-order valence-corrected chi connectivity index (χ0v) is 14.6. The summed E-state index contributed by atoms with van der Waals surface area (Å²) in [5, 5.41) is 13.6. The molecule has 1 atom stereocenters. The molecule has 0 aliphatic carbocycles. The molecule has 0 saturated heterocycles. The smallest absolute Gasteiger partial charge is 0.323 e. The van der Waals surface area contributed by atoms with Crippen LogP contribution >= 0.6 is 35.0 Å². The lowest BCUT2D eigenvalue weighted by Crippen LogP contribution is -2.51. The summed E-state index contributed by atoms with van der Waals surface area (Å²) in [6.07, 6.45) is 2.01. The van der Waals surface area contributed by atoms with Crippen LogP contribution < -0.4 is 5.32 Å². The Bertz CT molecular complexity index is 485. The van der Waals surface area contributed by atoms with Crippen molar-refractivity contribution in [2.75, 3.05) is 12.3 Å². The van der Waals surface area contributed by atoms with Gasteiger partial charge in [0.05, 0.1) is 10.0 Å². The predicted molar refractivity (Wildman–Crippen MR) is 90.8 cm³/mol. The number of hydrogen-bond donors (Lipinski definition) is 2. The van der Waals surface area contributed by atoms with Gasteiger partial charge in [-0.3, -0.25) is 4.79 Å². The third-order valence-electron chi connectivity index (χ3n) is 3.44. The molecule has 1 aromatic carbocycles. The molecule has 118 valence electrons. The molecule has 0 radical (unpaired) electrons. The Labute approximate surface area is 140 Å². The van der Waals surface area contributed by atoms with Gasteiger partial charge >= 0.3 is 5.97 Å². The molecule has 0 aliphatic rings. The Morgan fingerprint density at radius 3 is 2.57 bits per heavy atom. The Morgan fingerprint density at radius 2 is 2.05 bits per heavy atom. The van der Waals surface area contributed by atoms with Crippen LogP contribution in [0.25, 0.3) is 0 Å². The first-order chi connectivity index (χ1) is 9.95. The monoisotopic (exact) mass is 349 g/mol. The maximum atomic E-state index is 11.5. The molecule has 3 nitrogen and oxygen atoms in total. The molecule has 21 heavy (non-hydrogen) atoms. The zero-order valence-electron chi connectivity index (χ0n) is 12.3. The summed E-state index contributed by atoms with van der Waals surface area (Å²) < 4.78 is 0. The first-order valence-electron chi connectivity index (χ1n) is 7.01. The summed E-state index contributed by atoms with van der Waals surface area (Å²) in [7, 11) is 0. The van der Waals surface area contributed by atoms with Gasteiger partial charge in [-0.1, -0.05) is 37.0 Å². The molecule has 0 aromatic heterocycles. The van der Waals surface area contributed by atoms with Crippen LogP contribution in [0.2, 0.25) is 10.0 Å². The van der Waals surface area contributed by atoms with E-state index in [9.17, 15) is 9.90 Å². The topological polar surface area (TPSA) is 49.3 Å². The number of carboxylic acids is 1. The molecule has 0 fully saturated rings. The van der Waals surface area contributed by atoms with E-state index in [4.69, 9.17) is 23.2 Å². The van der Waals surface area contributed by atoms with Gasteiger partial charge in [-0.15, -0.1) is 11.8 Å². The number of halogens is 2. The standard InChI is InChI=1S/C15H21Cl2NO2S/c1-3-15(14(19)20,18-4-2)8-5-9-21-11-6-7-12(16)13(17)10-11/h6-7,10,18H,3-5,8-9H2,1-2H3,(H,19,20). The molecule has 0 amide bonds. The summed E-state index contributed by atoms with van der Waals surface area (Å²) in [6.45, 7) is 4.49. The van der Waals surface area contributed by atoms with Crippen LogP contribution in [-0.4, -0.2) is 28.9 Å². The van der Waals surface area contributed by atoms with Crippen molar-refractivity contribution >= 4 is 40.9 Å². The van der Waals surface area contributed by atoms with Gasteiger partial charge in [0.25, 0.3) is 0 Å². The zero-order chi connectivity index (χ0) is 15.9. The largest absolute Gasteiger partial charge is 0.480 e.